The van der Waals surface area contributed by atoms with E-state index in [9.17, 15) is 13.5 Å². The van der Waals surface area contributed by atoms with Gasteiger partial charge in [0.2, 0.25) is 0 Å². The van der Waals surface area contributed by atoms with E-state index in [-0.39, 0.29) is 17.7 Å². The highest BCUT2D eigenvalue weighted by Gasteiger charge is 2.35. The number of nitrogens with zero attached hydrogens (tertiary/aromatic N) is 2. The zero-order chi connectivity index (χ0) is 24.4. The van der Waals surface area contributed by atoms with Gasteiger partial charge in [0.15, 0.2) is 9.84 Å². The number of imidazole rings is 1. The number of allylic oxidation sites excluding steroid dienone is 2. The zero-order valence-electron chi connectivity index (χ0n) is 20.3. The molecule has 1 saturated carbocycles. The lowest BCUT2D eigenvalue weighted by molar-refractivity contribution is 0.0599. The maximum atomic E-state index is 12.6. The van der Waals surface area contributed by atoms with E-state index < -0.39 is 15.9 Å². The van der Waals surface area contributed by atoms with Gasteiger partial charge in [0.05, 0.1) is 41.0 Å². The highest BCUT2D eigenvalue weighted by molar-refractivity contribution is 7.91. The fourth-order valence-electron chi connectivity index (χ4n) is 5.98. The molecular weight excluding hydrogens is 456 g/mol. The van der Waals surface area contributed by atoms with Gasteiger partial charge in [0.1, 0.15) is 0 Å². The summed E-state index contributed by atoms with van der Waals surface area (Å²) >= 11 is 0. The number of benzene rings is 2. The molecule has 1 fully saturated rings. The zero-order valence-corrected chi connectivity index (χ0v) is 21.1. The molecule has 184 valence electrons. The number of aromatic nitrogens is 2. The third-order valence-electron chi connectivity index (χ3n) is 8.01. The standard InChI is InChI=1S/C29H34N2O3S/c1-21-27-19-30-20-31(27)26(29(21)24-8-4-2-5-9-24)18-28(32)23-14-12-22(13-15-23)16-17-35(33,34)25-10-6-3-7-11-25/h2-11,19-20,22-23,26,28,32H,12-18H2,1H3. The third-order valence-corrected chi connectivity index (χ3v) is 9.77. The first-order valence-electron chi connectivity index (χ1n) is 12.7. The van der Waals surface area contributed by atoms with Crippen molar-refractivity contribution in [3.8, 4) is 0 Å². The molecule has 1 N–H and O–H groups in total. The van der Waals surface area contributed by atoms with Crippen LogP contribution in [-0.2, 0) is 9.84 Å². The Hall–Kier alpha value is -2.70. The van der Waals surface area contributed by atoms with E-state index in [1.54, 1.807) is 24.3 Å². The van der Waals surface area contributed by atoms with Crippen molar-refractivity contribution in [2.24, 2.45) is 11.8 Å². The Kier molecular flexibility index (Phi) is 6.94. The number of rotatable bonds is 8. The van der Waals surface area contributed by atoms with Crippen LogP contribution in [0.15, 0.2) is 78.1 Å². The second-order valence-electron chi connectivity index (χ2n) is 10.1. The van der Waals surface area contributed by atoms with Crippen molar-refractivity contribution in [3.05, 3.63) is 84.4 Å². The van der Waals surface area contributed by atoms with E-state index in [0.717, 1.165) is 31.4 Å². The van der Waals surface area contributed by atoms with Crippen molar-refractivity contribution in [3.63, 3.8) is 0 Å². The van der Waals surface area contributed by atoms with Crippen molar-refractivity contribution < 1.29 is 13.5 Å². The third kappa shape index (κ3) is 5.00. The van der Waals surface area contributed by atoms with E-state index in [1.807, 2.05) is 24.7 Å². The fourth-order valence-corrected chi connectivity index (χ4v) is 7.43. The highest BCUT2D eigenvalue weighted by atomic mass is 32.2. The Morgan fingerprint density at radius 3 is 2.34 bits per heavy atom. The molecule has 2 aliphatic rings. The lowest BCUT2D eigenvalue weighted by Gasteiger charge is -2.33. The van der Waals surface area contributed by atoms with E-state index in [2.05, 4.69) is 40.7 Å². The Morgan fingerprint density at radius 2 is 1.66 bits per heavy atom. The molecule has 1 aliphatic heterocycles. The molecule has 0 spiro atoms. The second-order valence-corrected chi connectivity index (χ2v) is 12.2. The molecule has 0 radical (unpaired) electrons. The minimum absolute atomic E-state index is 0.0821. The molecule has 1 aliphatic carbocycles. The maximum Gasteiger partial charge on any atom is 0.178 e. The summed E-state index contributed by atoms with van der Waals surface area (Å²) in [6.07, 6.45) is 8.63. The number of hydrogen-bond donors (Lipinski definition) is 1. The summed E-state index contributed by atoms with van der Waals surface area (Å²) in [7, 11) is -3.23. The number of aliphatic hydroxyl groups is 1. The normalized spacial score (nSPS) is 23.3. The van der Waals surface area contributed by atoms with Crippen LogP contribution in [-0.4, -0.2) is 34.9 Å². The first-order valence-corrected chi connectivity index (χ1v) is 14.3. The summed E-state index contributed by atoms with van der Waals surface area (Å²) in [6, 6.07) is 19.3. The van der Waals surface area contributed by atoms with Crippen molar-refractivity contribution in [2.75, 3.05) is 5.75 Å². The van der Waals surface area contributed by atoms with Gasteiger partial charge in [-0.05, 0) is 73.3 Å². The average molecular weight is 491 g/mol. The van der Waals surface area contributed by atoms with E-state index >= 15 is 0 Å². The molecule has 0 bridgehead atoms. The Bertz CT molecular complexity index is 1270. The predicted octanol–water partition coefficient (Wildman–Crippen LogP) is 5.79. The number of fused-ring (bicyclic) bond motifs is 1. The van der Waals surface area contributed by atoms with Crippen molar-refractivity contribution >= 4 is 21.0 Å². The van der Waals surface area contributed by atoms with Crippen LogP contribution >= 0.6 is 0 Å². The van der Waals surface area contributed by atoms with E-state index in [4.69, 9.17) is 0 Å². The van der Waals surface area contributed by atoms with Gasteiger partial charge in [-0.25, -0.2) is 13.4 Å². The van der Waals surface area contributed by atoms with Gasteiger partial charge < -0.3 is 9.67 Å². The van der Waals surface area contributed by atoms with Gasteiger partial charge in [-0.2, -0.15) is 0 Å². The fraction of sp³-hybridized carbons (Fsp3) is 0.414. The maximum absolute atomic E-state index is 12.6. The van der Waals surface area contributed by atoms with Crippen LogP contribution in [0.2, 0.25) is 0 Å². The molecule has 5 nitrogen and oxygen atoms in total. The van der Waals surface area contributed by atoms with E-state index in [1.165, 1.54) is 16.7 Å². The first kappa shape index (κ1) is 24.0. The van der Waals surface area contributed by atoms with Crippen molar-refractivity contribution in [2.45, 2.75) is 62.5 Å². The van der Waals surface area contributed by atoms with E-state index in [0.29, 0.717) is 23.7 Å². The first-order chi connectivity index (χ1) is 16.9. The number of sulfone groups is 1. The van der Waals surface area contributed by atoms with Crippen molar-refractivity contribution in [1.82, 2.24) is 9.55 Å². The van der Waals surface area contributed by atoms with Crippen molar-refractivity contribution in [1.29, 1.82) is 0 Å². The Morgan fingerprint density at radius 1 is 1.00 bits per heavy atom. The molecule has 6 heteroatoms. The Labute approximate surface area is 208 Å². The van der Waals surface area contributed by atoms with Crippen LogP contribution in [0.5, 0.6) is 0 Å². The van der Waals surface area contributed by atoms with Crippen LogP contribution in [0.25, 0.3) is 11.1 Å². The van der Waals surface area contributed by atoms with Gasteiger partial charge in [-0.1, -0.05) is 61.4 Å². The molecule has 3 aromatic rings. The van der Waals surface area contributed by atoms with Gasteiger partial charge >= 0.3 is 0 Å². The van der Waals surface area contributed by atoms with Crippen LogP contribution in [0.1, 0.15) is 62.7 Å². The molecule has 1 aromatic heterocycles. The monoisotopic (exact) mass is 490 g/mol. The highest BCUT2D eigenvalue weighted by Crippen LogP contribution is 2.45. The van der Waals surface area contributed by atoms with Gasteiger partial charge in [0, 0.05) is 0 Å². The molecular formula is C29H34N2O3S. The predicted molar refractivity (Wildman–Crippen MR) is 139 cm³/mol. The van der Waals surface area contributed by atoms with Crippen LogP contribution < -0.4 is 0 Å². The minimum Gasteiger partial charge on any atom is -0.393 e. The largest absolute Gasteiger partial charge is 0.393 e. The topological polar surface area (TPSA) is 72.2 Å². The summed E-state index contributed by atoms with van der Waals surface area (Å²) < 4.78 is 27.5. The Balaban J connectivity index is 1.20. The number of aliphatic hydroxyl groups excluding tert-OH is 1. The minimum atomic E-state index is -3.23. The van der Waals surface area contributed by atoms with Crippen LogP contribution in [0.4, 0.5) is 0 Å². The summed E-state index contributed by atoms with van der Waals surface area (Å²) in [4.78, 5) is 4.78. The van der Waals surface area contributed by atoms with Crippen LogP contribution in [0.3, 0.4) is 0 Å². The molecule has 2 unspecified atom stereocenters. The molecule has 2 aromatic carbocycles. The lowest BCUT2D eigenvalue weighted by Crippen LogP contribution is -2.29. The lowest BCUT2D eigenvalue weighted by atomic mass is 9.76. The van der Waals surface area contributed by atoms with Crippen LogP contribution in [0, 0.1) is 11.8 Å². The summed E-state index contributed by atoms with van der Waals surface area (Å²) in [6.45, 7) is 2.15. The van der Waals surface area contributed by atoms with Gasteiger partial charge in [-0.3, -0.25) is 0 Å². The molecule has 0 amide bonds. The van der Waals surface area contributed by atoms with Gasteiger partial charge in [0.25, 0.3) is 0 Å². The summed E-state index contributed by atoms with van der Waals surface area (Å²) in [5, 5.41) is 11.3. The molecule has 0 saturated heterocycles. The molecule has 35 heavy (non-hydrogen) atoms. The molecule has 2 atom stereocenters. The summed E-state index contributed by atoms with van der Waals surface area (Å²) in [5.74, 6) is 0.859. The van der Waals surface area contributed by atoms with Gasteiger partial charge in [-0.15, -0.1) is 0 Å². The second kappa shape index (κ2) is 10.1. The molecule has 2 heterocycles. The molecule has 5 rings (SSSR count). The smallest absolute Gasteiger partial charge is 0.178 e. The summed E-state index contributed by atoms with van der Waals surface area (Å²) in [5.41, 5.74) is 4.84. The number of hydrogen-bond acceptors (Lipinski definition) is 4. The average Bonchev–Trinajstić information content (AvgIpc) is 3.47. The quantitative estimate of drug-likeness (QED) is 0.434. The SMILES string of the molecule is CC1=C(c2ccccc2)C(CC(O)C2CCC(CCS(=O)(=O)c3ccccc3)CC2)n2cncc21.